The van der Waals surface area contributed by atoms with Crippen LogP contribution in [0.3, 0.4) is 0 Å². The van der Waals surface area contributed by atoms with Gasteiger partial charge in [-0.3, -0.25) is 4.79 Å². The highest BCUT2D eigenvalue weighted by atomic mass is 19.3. The van der Waals surface area contributed by atoms with E-state index in [1.54, 1.807) is 24.6 Å². The van der Waals surface area contributed by atoms with E-state index < -0.39 is 23.8 Å². The summed E-state index contributed by atoms with van der Waals surface area (Å²) in [5, 5.41) is 6.94. The van der Waals surface area contributed by atoms with Gasteiger partial charge in [0.15, 0.2) is 0 Å². The molecule has 0 spiro atoms. The molecule has 0 aliphatic carbocycles. The van der Waals surface area contributed by atoms with Gasteiger partial charge in [0, 0.05) is 17.8 Å². The molecule has 7 nitrogen and oxygen atoms in total. The summed E-state index contributed by atoms with van der Waals surface area (Å²) in [6, 6.07) is 3.25. The van der Waals surface area contributed by atoms with Gasteiger partial charge in [0.25, 0.3) is 12.0 Å². The van der Waals surface area contributed by atoms with Gasteiger partial charge < -0.3 is 19.9 Å². The topological polar surface area (TPSA) is 81.1 Å². The number of fused-ring (bicyclic) bond motifs is 1. The summed E-state index contributed by atoms with van der Waals surface area (Å²) >= 11 is 0. The number of halogens is 3. The fourth-order valence-corrected chi connectivity index (χ4v) is 4.30. The van der Waals surface area contributed by atoms with E-state index in [4.69, 9.17) is 4.74 Å². The number of pyridine rings is 1. The lowest BCUT2D eigenvalue weighted by Gasteiger charge is -2.26. The molecular formula is C23H26F3N5O2. The predicted octanol–water partition coefficient (Wildman–Crippen LogP) is 4.28. The molecule has 0 bridgehead atoms. The average molecular weight is 461 g/mol. The van der Waals surface area contributed by atoms with Crippen molar-refractivity contribution in [3.8, 4) is 5.75 Å². The molecule has 1 aliphatic rings. The second-order valence-corrected chi connectivity index (χ2v) is 8.15. The zero-order chi connectivity index (χ0) is 23.7. The van der Waals surface area contributed by atoms with E-state index in [1.807, 2.05) is 0 Å². The van der Waals surface area contributed by atoms with E-state index in [0.29, 0.717) is 22.5 Å². The molecule has 1 fully saturated rings. The van der Waals surface area contributed by atoms with Crippen LogP contribution < -0.4 is 20.9 Å². The van der Waals surface area contributed by atoms with E-state index in [-0.39, 0.29) is 22.9 Å². The highest BCUT2D eigenvalue weighted by Gasteiger charge is 2.24. The van der Waals surface area contributed by atoms with Crippen LogP contribution in [0.2, 0.25) is 0 Å². The summed E-state index contributed by atoms with van der Waals surface area (Å²) in [7, 11) is 1.42. The first-order valence-electron chi connectivity index (χ1n) is 10.8. The minimum absolute atomic E-state index is 0.0104. The van der Waals surface area contributed by atoms with Crippen LogP contribution in [0.5, 0.6) is 5.75 Å². The second-order valence-electron chi connectivity index (χ2n) is 8.15. The third-order valence-corrected chi connectivity index (χ3v) is 5.99. The highest BCUT2D eigenvalue weighted by molar-refractivity contribution is 5.92. The molecule has 1 aromatic carbocycles. The number of nitrogens with one attached hydrogen (secondary N) is 2. The summed E-state index contributed by atoms with van der Waals surface area (Å²) < 4.78 is 48.2. The standard InChI is InChI=1S/C23H26F3N5O2/c1-12(15-5-4-6-16(18(15)24)21(25)26)28-22-17-11-31(14-7-9-27-10-8-14)23(32)20(33-3)19(17)29-13(2)30-22/h4-6,11-12,14,21,27H,7-10H2,1-3H3,(H,28,29,30)/t12-/m1/s1. The predicted molar refractivity (Wildman–Crippen MR) is 120 cm³/mol. The van der Waals surface area contributed by atoms with Gasteiger partial charge in [-0.1, -0.05) is 18.2 Å². The van der Waals surface area contributed by atoms with Crippen molar-refractivity contribution in [2.24, 2.45) is 0 Å². The van der Waals surface area contributed by atoms with Crippen molar-refractivity contribution in [3.05, 3.63) is 57.5 Å². The molecular weight excluding hydrogens is 435 g/mol. The molecule has 2 aromatic heterocycles. The summed E-state index contributed by atoms with van der Waals surface area (Å²) in [6.45, 7) is 4.93. The maximum Gasteiger partial charge on any atom is 0.295 e. The molecule has 10 heteroatoms. The van der Waals surface area contributed by atoms with Crippen molar-refractivity contribution < 1.29 is 17.9 Å². The lowest BCUT2D eigenvalue weighted by atomic mass is 10.0. The van der Waals surface area contributed by atoms with Gasteiger partial charge in [-0.05, 0) is 39.8 Å². The Morgan fingerprint density at radius 1 is 1.21 bits per heavy atom. The van der Waals surface area contributed by atoms with Gasteiger partial charge in [0.1, 0.15) is 23.0 Å². The van der Waals surface area contributed by atoms with E-state index in [0.717, 1.165) is 32.0 Å². The zero-order valence-electron chi connectivity index (χ0n) is 18.7. The Balaban J connectivity index is 1.82. The minimum Gasteiger partial charge on any atom is -0.490 e. The number of aryl methyl sites for hydroxylation is 1. The van der Waals surface area contributed by atoms with Gasteiger partial charge in [-0.15, -0.1) is 0 Å². The largest absolute Gasteiger partial charge is 0.490 e. The first kappa shape index (κ1) is 23.0. The van der Waals surface area contributed by atoms with E-state index in [2.05, 4.69) is 20.6 Å². The van der Waals surface area contributed by atoms with Gasteiger partial charge in [0.05, 0.1) is 24.1 Å². The van der Waals surface area contributed by atoms with Crippen LogP contribution in [0, 0.1) is 12.7 Å². The fourth-order valence-electron chi connectivity index (χ4n) is 4.30. The Kier molecular flexibility index (Phi) is 6.55. The number of benzene rings is 1. The monoisotopic (exact) mass is 461 g/mol. The Morgan fingerprint density at radius 3 is 2.58 bits per heavy atom. The third-order valence-electron chi connectivity index (χ3n) is 5.99. The Morgan fingerprint density at radius 2 is 1.91 bits per heavy atom. The van der Waals surface area contributed by atoms with Crippen LogP contribution in [0.25, 0.3) is 10.9 Å². The van der Waals surface area contributed by atoms with Gasteiger partial charge in [-0.25, -0.2) is 23.1 Å². The number of hydrogen-bond acceptors (Lipinski definition) is 6. The lowest BCUT2D eigenvalue weighted by molar-refractivity contribution is 0.146. The molecule has 1 saturated heterocycles. The summed E-state index contributed by atoms with van der Waals surface area (Å²) in [4.78, 5) is 22.0. The molecule has 4 rings (SSSR count). The number of methoxy groups -OCH3 is 1. The maximum atomic E-state index is 14.7. The highest BCUT2D eigenvalue weighted by Crippen LogP contribution is 2.32. The van der Waals surface area contributed by atoms with E-state index in [9.17, 15) is 18.0 Å². The number of nitrogens with zero attached hydrogens (tertiary/aromatic N) is 3. The number of hydrogen-bond donors (Lipinski definition) is 2. The van der Waals surface area contributed by atoms with Crippen LogP contribution in [-0.4, -0.2) is 34.7 Å². The van der Waals surface area contributed by atoms with Crippen molar-refractivity contribution >= 4 is 16.7 Å². The smallest absolute Gasteiger partial charge is 0.295 e. The van der Waals surface area contributed by atoms with Crippen molar-refractivity contribution in [1.29, 1.82) is 0 Å². The van der Waals surface area contributed by atoms with Gasteiger partial charge >= 0.3 is 0 Å². The van der Waals surface area contributed by atoms with Crippen LogP contribution >= 0.6 is 0 Å². The molecule has 0 unspecified atom stereocenters. The molecule has 33 heavy (non-hydrogen) atoms. The van der Waals surface area contributed by atoms with Gasteiger partial charge in [0.2, 0.25) is 5.75 Å². The number of ether oxygens (including phenoxy) is 1. The van der Waals surface area contributed by atoms with Crippen LogP contribution in [-0.2, 0) is 0 Å². The van der Waals surface area contributed by atoms with Crippen molar-refractivity contribution in [3.63, 3.8) is 0 Å². The Labute approximate surface area is 189 Å². The quantitative estimate of drug-likeness (QED) is 0.570. The molecule has 3 heterocycles. The molecule has 176 valence electrons. The molecule has 2 N–H and O–H groups in total. The Bertz CT molecular complexity index is 1220. The van der Waals surface area contributed by atoms with Crippen LogP contribution in [0.15, 0.2) is 29.2 Å². The van der Waals surface area contributed by atoms with E-state index >= 15 is 0 Å². The van der Waals surface area contributed by atoms with Gasteiger partial charge in [-0.2, -0.15) is 0 Å². The molecule has 0 radical (unpaired) electrons. The second kappa shape index (κ2) is 9.38. The first-order chi connectivity index (χ1) is 15.8. The van der Waals surface area contributed by atoms with Crippen molar-refractivity contribution in [1.82, 2.24) is 19.9 Å². The molecule has 0 amide bonds. The molecule has 1 atom stereocenters. The van der Waals surface area contributed by atoms with Crippen LogP contribution in [0.4, 0.5) is 19.0 Å². The number of aromatic nitrogens is 3. The Hall–Kier alpha value is -3.14. The summed E-state index contributed by atoms with van der Waals surface area (Å²) in [6.07, 6.45) is 0.359. The number of alkyl halides is 2. The first-order valence-corrected chi connectivity index (χ1v) is 10.8. The number of piperidine rings is 1. The SMILES string of the molecule is COc1c(=O)n(C2CCNCC2)cc2c(N[C@H](C)c3cccc(C(F)F)c3F)nc(C)nc12. The zero-order valence-corrected chi connectivity index (χ0v) is 18.7. The summed E-state index contributed by atoms with van der Waals surface area (Å²) in [5.41, 5.74) is -0.483. The molecule has 0 saturated carbocycles. The number of rotatable bonds is 6. The number of anilines is 1. The van der Waals surface area contributed by atoms with Crippen molar-refractivity contribution in [2.45, 2.75) is 45.2 Å². The average Bonchev–Trinajstić information content (AvgIpc) is 2.79. The van der Waals surface area contributed by atoms with Crippen molar-refractivity contribution in [2.75, 3.05) is 25.5 Å². The van der Waals surface area contributed by atoms with E-state index in [1.165, 1.54) is 19.2 Å². The fraction of sp³-hybridized carbons (Fsp3) is 0.435. The normalized spacial score (nSPS) is 15.7. The molecule has 3 aromatic rings. The maximum absolute atomic E-state index is 14.7. The third kappa shape index (κ3) is 4.39. The molecule has 1 aliphatic heterocycles. The summed E-state index contributed by atoms with van der Waals surface area (Å²) in [5.74, 6) is -0.0888. The minimum atomic E-state index is -2.91. The lowest BCUT2D eigenvalue weighted by Crippen LogP contribution is -2.34. The van der Waals surface area contributed by atoms with Crippen LogP contribution in [0.1, 0.15) is 55.2 Å².